The van der Waals surface area contributed by atoms with Crippen molar-refractivity contribution in [2.75, 3.05) is 6.54 Å². The van der Waals surface area contributed by atoms with Crippen molar-refractivity contribution >= 4 is 32.8 Å². The van der Waals surface area contributed by atoms with Gasteiger partial charge in [-0.2, -0.15) is 0 Å². The molecule has 0 unspecified atom stereocenters. The number of hydrogen-bond acceptors (Lipinski definition) is 2. The van der Waals surface area contributed by atoms with E-state index >= 15 is 0 Å². The maximum absolute atomic E-state index is 12.5. The van der Waals surface area contributed by atoms with E-state index in [9.17, 15) is 4.79 Å². The number of halogens is 1. The standard InChI is InChI=1S/C20H16BrNO2/c21-19-17-8-4-3-6-15(17)9-10-18(19)24-20(23)22-12-11-14-5-1-2-7-16(14)13-22/h1-10H,11-13H2. The van der Waals surface area contributed by atoms with E-state index in [1.807, 2.05) is 48.5 Å². The van der Waals surface area contributed by atoms with Crippen molar-refractivity contribution in [1.82, 2.24) is 4.90 Å². The summed E-state index contributed by atoms with van der Waals surface area (Å²) in [6, 6.07) is 20.1. The lowest BCUT2D eigenvalue weighted by molar-refractivity contribution is 0.146. The molecular weight excluding hydrogens is 366 g/mol. The predicted molar refractivity (Wildman–Crippen MR) is 98.2 cm³/mol. The monoisotopic (exact) mass is 381 g/mol. The van der Waals surface area contributed by atoms with Crippen LogP contribution in [0.2, 0.25) is 0 Å². The number of carbonyl (C=O) groups is 1. The zero-order chi connectivity index (χ0) is 16.5. The molecule has 24 heavy (non-hydrogen) atoms. The van der Waals surface area contributed by atoms with Crippen LogP contribution in [0, 0.1) is 0 Å². The Morgan fingerprint density at radius 1 is 0.958 bits per heavy atom. The SMILES string of the molecule is O=C(Oc1ccc2ccccc2c1Br)N1CCc2ccccc2C1. The molecule has 1 amide bonds. The van der Waals surface area contributed by atoms with Gasteiger partial charge in [-0.25, -0.2) is 4.79 Å². The Labute approximate surface area is 149 Å². The fraction of sp³-hybridized carbons (Fsp3) is 0.150. The van der Waals surface area contributed by atoms with Crippen LogP contribution in [0.4, 0.5) is 4.79 Å². The molecule has 0 N–H and O–H groups in total. The molecule has 3 nitrogen and oxygen atoms in total. The van der Waals surface area contributed by atoms with Gasteiger partial charge in [0, 0.05) is 13.1 Å². The third-order valence-electron chi connectivity index (χ3n) is 4.41. The van der Waals surface area contributed by atoms with Gasteiger partial charge in [-0.05, 0) is 50.3 Å². The summed E-state index contributed by atoms with van der Waals surface area (Å²) in [5.74, 6) is 0.553. The molecular formula is C20H16BrNO2. The minimum atomic E-state index is -0.305. The molecule has 120 valence electrons. The molecule has 0 saturated carbocycles. The third-order valence-corrected chi connectivity index (χ3v) is 5.23. The Kier molecular flexibility index (Phi) is 3.98. The first kappa shape index (κ1) is 15.2. The second-order valence-electron chi connectivity index (χ2n) is 5.91. The molecule has 3 aromatic rings. The smallest absolute Gasteiger partial charge is 0.409 e. The molecule has 1 heterocycles. The highest BCUT2D eigenvalue weighted by Crippen LogP contribution is 2.33. The fourth-order valence-corrected chi connectivity index (χ4v) is 3.68. The molecule has 0 aliphatic carbocycles. The second kappa shape index (κ2) is 6.29. The number of hydrogen-bond donors (Lipinski definition) is 0. The highest BCUT2D eigenvalue weighted by atomic mass is 79.9. The molecule has 0 radical (unpaired) electrons. The molecule has 0 fully saturated rings. The highest BCUT2D eigenvalue weighted by molar-refractivity contribution is 9.10. The number of benzene rings is 3. The fourth-order valence-electron chi connectivity index (χ4n) is 3.10. The molecule has 3 aromatic carbocycles. The van der Waals surface area contributed by atoms with E-state index in [1.54, 1.807) is 4.90 Å². The van der Waals surface area contributed by atoms with Gasteiger partial charge >= 0.3 is 6.09 Å². The number of fused-ring (bicyclic) bond motifs is 2. The summed E-state index contributed by atoms with van der Waals surface area (Å²) in [4.78, 5) is 14.3. The highest BCUT2D eigenvalue weighted by Gasteiger charge is 2.22. The molecule has 1 aliphatic heterocycles. The lowest BCUT2D eigenvalue weighted by Gasteiger charge is -2.28. The Morgan fingerprint density at radius 3 is 2.58 bits per heavy atom. The van der Waals surface area contributed by atoms with Gasteiger partial charge < -0.3 is 9.64 Å². The number of amides is 1. The topological polar surface area (TPSA) is 29.5 Å². The zero-order valence-electron chi connectivity index (χ0n) is 13.0. The molecule has 0 spiro atoms. The third kappa shape index (κ3) is 2.78. The van der Waals surface area contributed by atoms with Gasteiger partial charge in [0.15, 0.2) is 0 Å². The van der Waals surface area contributed by atoms with E-state index in [4.69, 9.17) is 4.74 Å². The van der Waals surface area contributed by atoms with Crippen molar-refractivity contribution in [2.45, 2.75) is 13.0 Å². The molecule has 4 heteroatoms. The quantitative estimate of drug-likeness (QED) is 0.582. The van der Waals surface area contributed by atoms with E-state index in [2.05, 4.69) is 28.1 Å². The Morgan fingerprint density at radius 2 is 1.71 bits per heavy atom. The van der Waals surface area contributed by atoms with E-state index in [0.29, 0.717) is 18.8 Å². The number of rotatable bonds is 1. The summed E-state index contributed by atoms with van der Waals surface area (Å²) in [5, 5.41) is 2.14. The van der Waals surface area contributed by atoms with Crippen LogP contribution in [-0.4, -0.2) is 17.5 Å². The van der Waals surface area contributed by atoms with Crippen LogP contribution < -0.4 is 4.74 Å². The second-order valence-corrected chi connectivity index (χ2v) is 6.70. The first-order chi connectivity index (χ1) is 11.7. The van der Waals surface area contributed by atoms with E-state index in [-0.39, 0.29) is 6.09 Å². The predicted octanol–water partition coefficient (Wildman–Crippen LogP) is 5.16. The average Bonchev–Trinajstić information content (AvgIpc) is 2.64. The maximum Gasteiger partial charge on any atom is 0.415 e. The normalized spacial score (nSPS) is 13.6. The van der Waals surface area contributed by atoms with Crippen LogP contribution in [-0.2, 0) is 13.0 Å². The van der Waals surface area contributed by atoms with Crippen LogP contribution in [0.5, 0.6) is 5.75 Å². The van der Waals surface area contributed by atoms with Gasteiger partial charge in [0.1, 0.15) is 5.75 Å². The molecule has 4 rings (SSSR count). The van der Waals surface area contributed by atoms with Crippen molar-refractivity contribution in [2.24, 2.45) is 0 Å². The first-order valence-electron chi connectivity index (χ1n) is 7.93. The van der Waals surface area contributed by atoms with Crippen molar-refractivity contribution in [1.29, 1.82) is 0 Å². The van der Waals surface area contributed by atoms with E-state index in [0.717, 1.165) is 21.7 Å². The molecule has 0 aromatic heterocycles. The van der Waals surface area contributed by atoms with Crippen LogP contribution >= 0.6 is 15.9 Å². The summed E-state index contributed by atoms with van der Waals surface area (Å²) in [6.45, 7) is 1.28. The summed E-state index contributed by atoms with van der Waals surface area (Å²) in [7, 11) is 0. The maximum atomic E-state index is 12.5. The summed E-state index contributed by atoms with van der Waals surface area (Å²) >= 11 is 3.56. The molecule has 0 saturated heterocycles. The van der Waals surface area contributed by atoms with Gasteiger partial charge in [0.05, 0.1) is 4.47 Å². The molecule has 0 bridgehead atoms. The van der Waals surface area contributed by atoms with Crippen LogP contribution in [0.1, 0.15) is 11.1 Å². The molecule has 0 atom stereocenters. The number of carbonyl (C=O) groups excluding carboxylic acids is 1. The van der Waals surface area contributed by atoms with Gasteiger partial charge in [0.25, 0.3) is 0 Å². The van der Waals surface area contributed by atoms with Gasteiger partial charge in [-0.15, -0.1) is 0 Å². The molecule has 1 aliphatic rings. The Bertz CT molecular complexity index is 922. The van der Waals surface area contributed by atoms with E-state index in [1.165, 1.54) is 11.1 Å². The van der Waals surface area contributed by atoms with Crippen molar-refractivity contribution in [3.63, 3.8) is 0 Å². The summed E-state index contributed by atoms with van der Waals surface area (Å²) < 4.78 is 6.46. The Hall–Kier alpha value is -2.33. The average molecular weight is 382 g/mol. The van der Waals surface area contributed by atoms with Crippen molar-refractivity contribution in [3.05, 3.63) is 76.3 Å². The van der Waals surface area contributed by atoms with Crippen LogP contribution in [0.3, 0.4) is 0 Å². The van der Waals surface area contributed by atoms with Crippen LogP contribution in [0.25, 0.3) is 10.8 Å². The van der Waals surface area contributed by atoms with Gasteiger partial charge in [0.2, 0.25) is 0 Å². The summed E-state index contributed by atoms with van der Waals surface area (Å²) in [5.41, 5.74) is 2.51. The number of ether oxygens (including phenoxy) is 1. The largest absolute Gasteiger partial charge is 0.415 e. The van der Waals surface area contributed by atoms with Gasteiger partial charge in [-0.1, -0.05) is 54.6 Å². The summed E-state index contributed by atoms with van der Waals surface area (Å²) in [6.07, 6.45) is 0.560. The zero-order valence-corrected chi connectivity index (χ0v) is 14.6. The van der Waals surface area contributed by atoms with Crippen LogP contribution in [0.15, 0.2) is 65.1 Å². The first-order valence-corrected chi connectivity index (χ1v) is 8.72. The Balaban J connectivity index is 1.56. The minimum Gasteiger partial charge on any atom is -0.409 e. The minimum absolute atomic E-state index is 0.305. The number of nitrogens with zero attached hydrogens (tertiary/aromatic N) is 1. The lowest BCUT2D eigenvalue weighted by atomic mass is 10.0. The lowest BCUT2D eigenvalue weighted by Crippen LogP contribution is -2.37. The van der Waals surface area contributed by atoms with Gasteiger partial charge in [-0.3, -0.25) is 0 Å². The van der Waals surface area contributed by atoms with E-state index < -0.39 is 0 Å². The van der Waals surface area contributed by atoms with Crippen molar-refractivity contribution in [3.8, 4) is 5.75 Å². The van der Waals surface area contributed by atoms with Crippen molar-refractivity contribution < 1.29 is 9.53 Å².